The number of thioether (sulfide) groups is 1. The molecule has 0 aromatic heterocycles. The van der Waals surface area contributed by atoms with Gasteiger partial charge in [0.15, 0.2) is 5.62 Å². The van der Waals surface area contributed by atoms with Gasteiger partial charge in [-0.1, -0.05) is 89.3 Å². The molecular weight excluding hydrogens is 228 g/mol. The van der Waals surface area contributed by atoms with Gasteiger partial charge in [0.05, 0.1) is 0 Å². The molecule has 0 aliphatic carbocycles. The van der Waals surface area contributed by atoms with Crippen LogP contribution < -0.4 is 0 Å². The first-order valence-electron chi connectivity index (χ1n) is 7.47. The van der Waals surface area contributed by atoms with E-state index in [2.05, 4.69) is 6.92 Å². The van der Waals surface area contributed by atoms with E-state index in [1.54, 1.807) is 0 Å². The van der Waals surface area contributed by atoms with Crippen LogP contribution in [0, 0.1) is 0 Å². The molecule has 0 aliphatic heterocycles. The van der Waals surface area contributed by atoms with Crippen LogP contribution in [0.1, 0.15) is 84.0 Å². The number of hydrogen-bond donors (Lipinski definition) is 0. The van der Waals surface area contributed by atoms with Crippen molar-refractivity contribution in [1.82, 2.24) is 0 Å². The van der Waals surface area contributed by atoms with Gasteiger partial charge in [-0.15, -0.1) is 0 Å². The Bertz CT molecular complexity index is 148. The van der Waals surface area contributed by atoms with Crippen molar-refractivity contribution in [1.29, 1.82) is 0 Å². The van der Waals surface area contributed by atoms with Crippen LogP contribution in [-0.4, -0.2) is 11.4 Å². The standard InChI is InChI=1S/C15H30OS/c1-2-3-4-5-6-7-8-9-10-11-12-13-14-17-15-16/h15H,2-14H2,1H3. The molecule has 0 bridgehead atoms. The molecule has 0 heterocycles. The van der Waals surface area contributed by atoms with Gasteiger partial charge in [-0.05, 0) is 6.42 Å². The van der Waals surface area contributed by atoms with Crippen molar-refractivity contribution in [2.75, 3.05) is 5.75 Å². The second kappa shape index (κ2) is 16.0. The zero-order chi connectivity index (χ0) is 12.6. The molecule has 0 rings (SSSR count). The van der Waals surface area contributed by atoms with E-state index < -0.39 is 0 Å². The number of carbonyl (C=O) groups is 1. The van der Waals surface area contributed by atoms with Crippen molar-refractivity contribution < 1.29 is 4.79 Å². The predicted molar refractivity (Wildman–Crippen MR) is 80.3 cm³/mol. The number of rotatable bonds is 14. The summed E-state index contributed by atoms with van der Waals surface area (Å²) >= 11 is 1.41. The zero-order valence-corrected chi connectivity index (χ0v) is 12.4. The summed E-state index contributed by atoms with van der Waals surface area (Å²) in [6.07, 6.45) is 16.6. The van der Waals surface area contributed by atoms with Gasteiger partial charge in [-0.25, -0.2) is 0 Å². The molecule has 0 radical (unpaired) electrons. The van der Waals surface area contributed by atoms with Crippen molar-refractivity contribution >= 4 is 17.4 Å². The Hall–Kier alpha value is 0.0200. The van der Waals surface area contributed by atoms with Crippen molar-refractivity contribution in [3.63, 3.8) is 0 Å². The van der Waals surface area contributed by atoms with E-state index in [9.17, 15) is 4.79 Å². The molecule has 1 nitrogen and oxygen atoms in total. The highest BCUT2D eigenvalue weighted by atomic mass is 32.2. The van der Waals surface area contributed by atoms with Crippen LogP contribution in [0.5, 0.6) is 0 Å². The molecule has 2 heteroatoms. The van der Waals surface area contributed by atoms with E-state index in [-0.39, 0.29) is 0 Å². The van der Waals surface area contributed by atoms with Crippen LogP contribution >= 0.6 is 11.8 Å². The molecule has 0 aromatic carbocycles. The quantitative estimate of drug-likeness (QED) is 0.297. The van der Waals surface area contributed by atoms with Crippen molar-refractivity contribution in [3.05, 3.63) is 0 Å². The second-order valence-electron chi connectivity index (χ2n) is 4.86. The summed E-state index contributed by atoms with van der Waals surface area (Å²) in [5, 5.41) is 0. The third kappa shape index (κ3) is 16.0. The van der Waals surface area contributed by atoms with E-state index in [0.29, 0.717) is 0 Å². The molecule has 0 saturated heterocycles. The third-order valence-electron chi connectivity index (χ3n) is 3.18. The highest BCUT2D eigenvalue weighted by Crippen LogP contribution is 2.12. The first-order valence-corrected chi connectivity index (χ1v) is 8.52. The fourth-order valence-electron chi connectivity index (χ4n) is 2.07. The molecule has 0 N–H and O–H groups in total. The lowest BCUT2D eigenvalue weighted by Gasteiger charge is -2.02. The highest BCUT2D eigenvalue weighted by Gasteiger charge is 1.93. The predicted octanol–water partition coefficient (Wildman–Crippen LogP) is 5.61. The monoisotopic (exact) mass is 258 g/mol. The molecular formula is C15H30OS. The molecule has 0 spiro atoms. The summed E-state index contributed by atoms with van der Waals surface area (Å²) < 4.78 is 0. The van der Waals surface area contributed by atoms with Crippen LogP contribution in [0.4, 0.5) is 0 Å². The Morgan fingerprint density at radius 1 is 0.706 bits per heavy atom. The SMILES string of the molecule is CCCCCCCCCCCCCCSC=O. The minimum atomic E-state index is 0.957. The van der Waals surface area contributed by atoms with Crippen molar-refractivity contribution in [2.24, 2.45) is 0 Å². The lowest BCUT2D eigenvalue weighted by atomic mass is 10.1. The lowest BCUT2D eigenvalue weighted by Crippen LogP contribution is -1.84. The van der Waals surface area contributed by atoms with Crippen LogP contribution in [0.15, 0.2) is 0 Å². The fraction of sp³-hybridized carbons (Fsp3) is 0.933. The molecule has 0 amide bonds. The maximum atomic E-state index is 10.1. The van der Waals surface area contributed by atoms with Gasteiger partial charge in [0.25, 0.3) is 0 Å². The first kappa shape index (κ1) is 17.0. The molecule has 17 heavy (non-hydrogen) atoms. The molecule has 102 valence electrons. The van der Waals surface area contributed by atoms with Gasteiger partial charge < -0.3 is 0 Å². The minimum Gasteiger partial charge on any atom is -0.291 e. The van der Waals surface area contributed by atoms with Gasteiger partial charge in [0.1, 0.15) is 0 Å². The smallest absolute Gasteiger partial charge is 0.176 e. The molecule has 0 atom stereocenters. The van der Waals surface area contributed by atoms with E-state index in [1.165, 1.54) is 88.8 Å². The third-order valence-corrected chi connectivity index (χ3v) is 3.84. The van der Waals surface area contributed by atoms with Crippen LogP contribution in [0.3, 0.4) is 0 Å². The average Bonchev–Trinajstić information content (AvgIpc) is 2.35. The molecule has 0 saturated carbocycles. The van der Waals surface area contributed by atoms with Crippen LogP contribution in [-0.2, 0) is 4.79 Å². The number of unbranched alkanes of at least 4 members (excludes halogenated alkanes) is 11. The lowest BCUT2D eigenvalue weighted by molar-refractivity contribution is 0.548. The summed E-state index contributed by atoms with van der Waals surface area (Å²) in [7, 11) is 0. The number of hydrogen-bond acceptors (Lipinski definition) is 2. The van der Waals surface area contributed by atoms with Crippen molar-refractivity contribution in [2.45, 2.75) is 84.0 Å². The summed E-state index contributed by atoms with van der Waals surface area (Å²) in [6.45, 7) is 2.27. The van der Waals surface area contributed by atoms with Gasteiger partial charge in [-0.2, -0.15) is 0 Å². The van der Waals surface area contributed by atoms with Crippen molar-refractivity contribution in [3.8, 4) is 0 Å². The average molecular weight is 258 g/mol. The summed E-state index contributed by atoms with van der Waals surface area (Å²) in [5.74, 6) is 1.01. The molecule has 0 aliphatic rings. The molecule has 0 fully saturated rings. The first-order chi connectivity index (χ1) is 8.41. The maximum absolute atomic E-state index is 10.1. The fourth-order valence-corrected chi connectivity index (χ4v) is 2.54. The van der Waals surface area contributed by atoms with Gasteiger partial charge >= 0.3 is 0 Å². The maximum Gasteiger partial charge on any atom is 0.176 e. The topological polar surface area (TPSA) is 17.1 Å². The normalized spacial score (nSPS) is 10.6. The molecule has 0 unspecified atom stereocenters. The van der Waals surface area contributed by atoms with E-state index in [4.69, 9.17) is 0 Å². The Labute approximate surface area is 112 Å². The second-order valence-corrected chi connectivity index (χ2v) is 5.79. The van der Waals surface area contributed by atoms with E-state index >= 15 is 0 Å². The summed E-state index contributed by atoms with van der Waals surface area (Å²) in [4.78, 5) is 10.1. The Balaban J connectivity index is 2.87. The van der Waals surface area contributed by atoms with E-state index in [1.807, 2.05) is 0 Å². The number of carbonyl (C=O) groups excluding carboxylic acids is 1. The highest BCUT2D eigenvalue weighted by molar-refractivity contribution is 8.11. The van der Waals surface area contributed by atoms with Gasteiger partial charge in [-0.3, -0.25) is 4.79 Å². The minimum absolute atomic E-state index is 0.957. The van der Waals surface area contributed by atoms with Crippen LogP contribution in [0.25, 0.3) is 0 Å². The van der Waals surface area contributed by atoms with Gasteiger partial charge in [0, 0.05) is 5.75 Å². The summed E-state index contributed by atoms with van der Waals surface area (Å²) in [5.41, 5.74) is 0.957. The Kier molecular flexibility index (Phi) is 16.0. The zero-order valence-electron chi connectivity index (χ0n) is 11.6. The Morgan fingerprint density at radius 2 is 1.12 bits per heavy atom. The largest absolute Gasteiger partial charge is 0.291 e. The summed E-state index contributed by atoms with van der Waals surface area (Å²) in [6, 6.07) is 0. The van der Waals surface area contributed by atoms with E-state index in [0.717, 1.165) is 11.4 Å². The van der Waals surface area contributed by atoms with Crippen LogP contribution in [0.2, 0.25) is 0 Å². The molecule has 0 aromatic rings. The Morgan fingerprint density at radius 3 is 1.53 bits per heavy atom. The van der Waals surface area contributed by atoms with Gasteiger partial charge in [0.2, 0.25) is 0 Å².